The van der Waals surface area contributed by atoms with Gasteiger partial charge in [0.05, 0.1) is 6.54 Å². The van der Waals surface area contributed by atoms with Crippen molar-refractivity contribution in [1.82, 2.24) is 25.7 Å². The van der Waals surface area contributed by atoms with Crippen LogP contribution < -0.4 is 5.32 Å². The summed E-state index contributed by atoms with van der Waals surface area (Å²) in [5.41, 5.74) is 1.47. The van der Waals surface area contributed by atoms with E-state index in [-0.39, 0.29) is 12.5 Å². The number of nitrogens with zero attached hydrogens (tertiary/aromatic N) is 3. The second kappa shape index (κ2) is 5.55. The van der Waals surface area contributed by atoms with Gasteiger partial charge in [0, 0.05) is 17.5 Å². The Morgan fingerprint density at radius 3 is 2.86 bits per heavy atom. The standard InChI is InChI=1S/C15H19N5O2/c21-14(12-7-11(18-19-12)9-5-6-9)16-8-13-17-15(22-20-13)10-3-1-2-4-10/h7,9-10H,1-6,8H2,(H,16,21)(H,18,19). The second-order valence-corrected chi connectivity index (χ2v) is 6.20. The van der Waals surface area contributed by atoms with E-state index in [2.05, 4.69) is 25.7 Å². The molecule has 2 aromatic rings. The average molecular weight is 301 g/mol. The lowest BCUT2D eigenvalue weighted by molar-refractivity contribution is 0.0944. The second-order valence-electron chi connectivity index (χ2n) is 6.20. The number of nitrogens with one attached hydrogen (secondary N) is 2. The highest BCUT2D eigenvalue weighted by Crippen LogP contribution is 2.39. The SMILES string of the molecule is O=C(NCc1noc(C2CCCC2)n1)c1cc(C2CC2)[nH]n1. The predicted octanol–water partition coefficient (Wildman–Crippen LogP) is 2.26. The third-order valence-corrected chi connectivity index (χ3v) is 4.44. The van der Waals surface area contributed by atoms with Crippen LogP contribution in [0, 0.1) is 0 Å². The average Bonchev–Trinajstić information content (AvgIpc) is 3.02. The summed E-state index contributed by atoms with van der Waals surface area (Å²) in [6.45, 7) is 0.265. The minimum Gasteiger partial charge on any atom is -0.343 e. The van der Waals surface area contributed by atoms with Crippen LogP contribution in [0.15, 0.2) is 10.6 Å². The molecule has 2 N–H and O–H groups in total. The van der Waals surface area contributed by atoms with E-state index >= 15 is 0 Å². The number of H-pyrrole nitrogens is 1. The van der Waals surface area contributed by atoms with E-state index in [0.29, 0.717) is 29.2 Å². The number of hydrogen-bond donors (Lipinski definition) is 2. The van der Waals surface area contributed by atoms with Gasteiger partial charge in [0.15, 0.2) is 5.82 Å². The maximum Gasteiger partial charge on any atom is 0.272 e. The normalized spacial score (nSPS) is 18.7. The van der Waals surface area contributed by atoms with Crippen LogP contribution in [0.5, 0.6) is 0 Å². The zero-order chi connectivity index (χ0) is 14.9. The van der Waals surface area contributed by atoms with Crippen molar-refractivity contribution < 1.29 is 9.32 Å². The Labute approximate surface area is 127 Å². The Kier molecular flexibility index (Phi) is 3.40. The van der Waals surface area contributed by atoms with Crippen molar-refractivity contribution in [3.05, 3.63) is 29.2 Å². The highest BCUT2D eigenvalue weighted by molar-refractivity contribution is 5.92. The monoisotopic (exact) mass is 301 g/mol. The van der Waals surface area contributed by atoms with Gasteiger partial charge in [0.1, 0.15) is 5.69 Å². The molecule has 0 saturated heterocycles. The molecule has 2 saturated carbocycles. The van der Waals surface area contributed by atoms with Crippen molar-refractivity contribution in [2.75, 3.05) is 0 Å². The van der Waals surface area contributed by atoms with E-state index in [4.69, 9.17) is 4.52 Å². The molecule has 4 rings (SSSR count). The lowest BCUT2D eigenvalue weighted by Gasteiger charge is -2.00. The van der Waals surface area contributed by atoms with Crippen LogP contribution in [0.4, 0.5) is 0 Å². The summed E-state index contributed by atoms with van der Waals surface area (Å²) in [6, 6.07) is 1.83. The van der Waals surface area contributed by atoms with Crippen LogP contribution in [0.2, 0.25) is 0 Å². The first-order valence-corrected chi connectivity index (χ1v) is 7.95. The Morgan fingerprint density at radius 1 is 1.27 bits per heavy atom. The molecule has 0 aromatic carbocycles. The van der Waals surface area contributed by atoms with Crippen LogP contribution in [-0.4, -0.2) is 26.2 Å². The number of aromatic amines is 1. The van der Waals surface area contributed by atoms with Gasteiger partial charge in [-0.05, 0) is 31.7 Å². The highest BCUT2D eigenvalue weighted by Gasteiger charge is 2.26. The Morgan fingerprint density at radius 2 is 2.09 bits per heavy atom. The fourth-order valence-electron chi connectivity index (χ4n) is 2.98. The molecular formula is C15H19N5O2. The van der Waals surface area contributed by atoms with Crippen LogP contribution in [0.25, 0.3) is 0 Å². The molecule has 0 atom stereocenters. The molecule has 7 heteroatoms. The molecule has 0 spiro atoms. The number of rotatable bonds is 5. The molecule has 116 valence electrons. The first-order chi connectivity index (χ1) is 10.8. The first kappa shape index (κ1) is 13.5. The van der Waals surface area contributed by atoms with Crippen LogP contribution in [0.3, 0.4) is 0 Å². The summed E-state index contributed by atoms with van der Waals surface area (Å²) < 4.78 is 5.30. The smallest absolute Gasteiger partial charge is 0.272 e. The summed E-state index contributed by atoms with van der Waals surface area (Å²) in [7, 11) is 0. The number of hydrogen-bond acceptors (Lipinski definition) is 5. The van der Waals surface area contributed by atoms with Crippen molar-refractivity contribution in [2.45, 2.75) is 56.9 Å². The molecule has 2 aliphatic rings. The van der Waals surface area contributed by atoms with Crippen LogP contribution in [-0.2, 0) is 6.54 Å². The van der Waals surface area contributed by atoms with Crippen LogP contribution in [0.1, 0.15) is 78.3 Å². The summed E-state index contributed by atoms with van der Waals surface area (Å²) in [5.74, 6) is 1.96. The van der Waals surface area contributed by atoms with Gasteiger partial charge in [-0.15, -0.1) is 0 Å². The Balaban J connectivity index is 1.34. The summed E-state index contributed by atoms with van der Waals surface area (Å²) >= 11 is 0. The van der Waals surface area contributed by atoms with Crippen LogP contribution >= 0.6 is 0 Å². The van der Waals surface area contributed by atoms with Gasteiger partial charge < -0.3 is 9.84 Å². The summed E-state index contributed by atoms with van der Waals surface area (Å²) in [4.78, 5) is 16.4. The lowest BCUT2D eigenvalue weighted by atomic mass is 10.1. The third kappa shape index (κ3) is 2.75. The molecule has 2 heterocycles. The van der Waals surface area contributed by atoms with E-state index < -0.39 is 0 Å². The molecule has 1 amide bonds. The fraction of sp³-hybridized carbons (Fsp3) is 0.600. The van der Waals surface area contributed by atoms with Gasteiger partial charge in [-0.25, -0.2) is 0 Å². The minimum atomic E-state index is -0.213. The number of aromatic nitrogens is 4. The van der Waals surface area contributed by atoms with Gasteiger partial charge in [0.2, 0.25) is 5.89 Å². The zero-order valence-electron chi connectivity index (χ0n) is 12.3. The molecule has 0 bridgehead atoms. The summed E-state index contributed by atoms with van der Waals surface area (Å²) in [6.07, 6.45) is 7.03. The van der Waals surface area contributed by atoms with E-state index in [1.165, 1.54) is 25.7 Å². The molecule has 0 aliphatic heterocycles. The van der Waals surface area contributed by atoms with Gasteiger partial charge in [-0.1, -0.05) is 18.0 Å². The summed E-state index contributed by atoms with van der Waals surface area (Å²) in [5, 5.41) is 13.7. The largest absolute Gasteiger partial charge is 0.343 e. The van der Waals surface area contributed by atoms with Gasteiger partial charge in [0.25, 0.3) is 5.91 Å². The van der Waals surface area contributed by atoms with Gasteiger partial charge >= 0.3 is 0 Å². The van der Waals surface area contributed by atoms with Gasteiger partial charge in [-0.3, -0.25) is 9.89 Å². The number of carbonyl (C=O) groups is 1. The van der Waals surface area contributed by atoms with E-state index in [0.717, 1.165) is 18.5 Å². The quantitative estimate of drug-likeness (QED) is 0.883. The Hall–Kier alpha value is -2.18. The first-order valence-electron chi connectivity index (χ1n) is 7.95. The van der Waals surface area contributed by atoms with Gasteiger partial charge in [-0.2, -0.15) is 10.1 Å². The number of carbonyl (C=O) groups excluding carboxylic acids is 1. The van der Waals surface area contributed by atoms with E-state index in [1.54, 1.807) is 0 Å². The highest BCUT2D eigenvalue weighted by atomic mass is 16.5. The van der Waals surface area contributed by atoms with Crippen molar-refractivity contribution in [1.29, 1.82) is 0 Å². The number of amides is 1. The molecule has 7 nitrogen and oxygen atoms in total. The van der Waals surface area contributed by atoms with Crippen molar-refractivity contribution in [3.8, 4) is 0 Å². The molecule has 22 heavy (non-hydrogen) atoms. The van der Waals surface area contributed by atoms with Crippen molar-refractivity contribution in [3.63, 3.8) is 0 Å². The topological polar surface area (TPSA) is 96.7 Å². The Bertz CT molecular complexity index is 667. The molecule has 2 aromatic heterocycles. The molecule has 2 fully saturated rings. The minimum absolute atomic E-state index is 0.213. The maximum atomic E-state index is 12.1. The molecule has 0 unspecified atom stereocenters. The van der Waals surface area contributed by atoms with E-state index in [9.17, 15) is 4.79 Å². The zero-order valence-corrected chi connectivity index (χ0v) is 12.3. The van der Waals surface area contributed by atoms with Crippen molar-refractivity contribution >= 4 is 5.91 Å². The van der Waals surface area contributed by atoms with E-state index in [1.807, 2.05) is 6.07 Å². The predicted molar refractivity (Wildman–Crippen MR) is 77.2 cm³/mol. The third-order valence-electron chi connectivity index (χ3n) is 4.44. The lowest BCUT2D eigenvalue weighted by Crippen LogP contribution is -2.23. The maximum absolute atomic E-state index is 12.1. The fourth-order valence-corrected chi connectivity index (χ4v) is 2.98. The molecular weight excluding hydrogens is 282 g/mol. The molecule has 0 radical (unpaired) electrons. The molecule has 2 aliphatic carbocycles. The van der Waals surface area contributed by atoms with Crippen molar-refractivity contribution in [2.24, 2.45) is 0 Å².